The van der Waals surface area contributed by atoms with Crippen LogP contribution in [0.5, 0.6) is 0 Å². The van der Waals surface area contributed by atoms with Gasteiger partial charge in [0.25, 0.3) is 5.91 Å². The SMILES string of the molecule is N#C/C(=C/c1ccco1)C(=O)NCc1ccc(Cl)cc1. The third kappa shape index (κ3) is 3.74. The Hall–Kier alpha value is -2.51. The molecule has 0 aliphatic carbocycles. The molecule has 0 aliphatic rings. The fraction of sp³-hybridized carbons (Fsp3) is 0.0667. The molecule has 0 bridgehead atoms. The van der Waals surface area contributed by atoms with Crippen LogP contribution in [0.25, 0.3) is 6.08 Å². The minimum Gasteiger partial charge on any atom is -0.465 e. The highest BCUT2D eigenvalue weighted by molar-refractivity contribution is 6.30. The van der Waals surface area contributed by atoms with E-state index in [-0.39, 0.29) is 5.57 Å². The van der Waals surface area contributed by atoms with Gasteiger partial charge in [0.05, 0.1) is 6.26 Å². The van der Waals surface area contributed by atoms with E-state index in [4.69, 9.17) is 21.3 Å². The molecule has 0 spiro atoms. The Morgan fingerprint density at radius 2 is 2.10 bits per heavy atom. The largest absolute Gasteiger partial charge is 0.465 e. The second-order valence-corrected chi connectivity index (χ2v) is 4.43. The lowest BCUT2D eigenvalue weighted by Gasteiger charge is -2.04. The summed E-state index contributed by atoms with van der Waals surface area (Å²) < 4.78 is 5.07. The van der Waals surface area contributed by atoms with Crippen molar-refractivity contribution >= 4 is 23.6 Å². The number of hydrogen-bond acceptors (Lipinski definition) is 3. The topological polar surface area (TPSA) is 66.0 Å². The van der Waals surface area contributed by atoms with Crippen LogP contribution >= 0.6 is 11.6 Å². The molecule has 1 heterocycles. The summed E-state index contributed by atoms with van der Waals surface area (Å²) in [6.07, 6.45) is 2.88. The van der Waals surface area contributed by atoms with Crippen LogP contribution in [-0.2, 0) is 11.3 Å². The van der Waals surface area contributed by atoms with Crippen molar-refractivity contribution in [2.75, 3.05) is 0 Å². The number of benzene rings is 1. The van der Waals surface area contributed by atoms with E-state index in [2.05, 4.69) is 5.32 Å². The van der Waals surface area contributed by atoms with E-state index in [1.165, 1.54) is 12.3 Å². The van der Waals surface area contributed by atoms with Crippen LogP contribution in [0, 0.1) is 11.3 Å². The van der Waals surface area contributed by atoms with Gasteiger partial charge in [-0.2, -0.15) is 5.26 Å². The molecule has 5 heteroatoms. The summed E-state index contributed by atoms with van der Waals surface area (Å²) in [5, 5.41) is 12.3. The van der Waals surface area contributed by atoms with Gasteiger partial charge in [0, 0.05) is 17.6 Å². The van der Waals surface area contributed by atoms with Crippen LogP contribution in [0.15, 0.2) is 52.7 Å². The molecule has 1 amide bonds. The van der Waals surface area contributed by atoms with Gasteiger partial charge in [-0.3, -0.25) is 4.79 Å². The Bertz CT molecular complexity index is 652. The third-order valence-electron chi connectivity index (χ3n) is 2.56. The van der Waals surface area contributed by atoms with Crippen molar-refractivity contribution < 1.29 is 9.21 Å². The molecule has 20 heavy (non-hydrogen) atoms. The van der Waals surface area contributed by atoms with E-state index in [1.54, 1.807) is 24.3 Å². The average Bonchev–Trinajstić information content (AvgIpc) is 2.97. The fourth-order valence-electron chi connectivity index (χ4n) is 1.54. The molecule has 0 aliphatic heterocycles. The number of nitrogens with zero attached hydrogens (tertiary/aromatic N) is 1. The predicted octanol–water partition coefficient (Wildman–Crippen LogP) is 3.16. The number of carbonyl (C=O) groups is 1. The molecule has 0 fully saturated rings. The first-order valence-corrected chi connectivity index (χ1v) is 6.25. The highest BCUT2D eigenvalue weighted by Crippen LogP contribution is 2.10. The molecule has 4 nitrogen and oxygen atoms in total. The second-order valence-electron chi connectivity index (χ2n) is 3.99. The minimum atomic E-state index is -0.446. The zero-order valence-corrected chi connectivity index (χ0v) is 11.2. The van der Waals surface area contributed by atoms with E-state index in [0.717, 1.165) is 5.56 Å². The first-order valence-electron chi connectivity index (χ1n) is 5.87. The normalized spacial score (nSPS) is 10.9. The number of nitriles is 1. The highest BCUT2D eigenvalue weighted by atomic mass is 35.5. The average molecular weight is 287 g/mol. The summed E-state index contributed by atoms with van der Waals surface area (Å²) >= 11 is 5.78. The molecule has 0 atom stereocenters. The first kappa shape index (κ1) is 13.9. The maximum absolute atomic E-state index is 11.9. The Morgan fingerprint density at radius 3 is 2.70 bits per heavy atom. The second kappa shape index (κ2) is 6.60. The lowest BCUT2D eigenvalue weighted by molar-refractivity contribution is -0.117. The summed E-state index contributed by atoms with van der Waals surface area (Å²) in [5.74, 6) is 0.0158. The Labute approximate surface area is 121 Å². The smallest absolute Gasteiger partial charge is 0.262 e. The lowest BCUT2D eigenvalue weighted by Crippen LogP contribution is -2.23. The van der Waals surface area contributed by atoms with Gasteiger partial charge in [0.15, 0.2) is 0 Å². The van der Waals surface area contributed by atoms with E-state index in [1.807, 2.05) is 18.2 Å². The zero-order valence-electron chi connectivity index (χ0n) is 10.5. The van der Waals surface area contributed by atoms with Crippen LogP contribution in [0.3, 0.4) is 0 Å². The molecular weight excluding hydrogens is 276 g/mol. The number of halogens is 1. The van der Waals surface area contributed by atoms with Gasteiger partial charge in [0.2, 0.25) is 0 Å². The Balaban J connectivity index is 2.00. The van der Waals surface area contributed by atoms with Gasteiger partial charge < -0.3 is 9.73 Å². The summed E-state index contributed by atoms with van der Waals surface area (Å²) in [7, 11) is 0. The number of furan rings is 1. The van der Waals surface area contributed by atoms with Crippen molar-refractivity contribution in [1.29, 1.82) is 5.26 Å². The molecule has 0 unspecified atom stereocenters. The van der Waals surface area contributed by atoms with Gasteiger partial charge in [-0.05, 0) is 29.8 Å². The predicted molar refractivity (Wildman–Crippen MR) is 75.6 cm³/mol. The van der Waals surface area contributed by atoms with Crippen LogP contribution < -0.4 is 5.32 Å². The van der Waals surface area contributed by atoms with Crippen molar-refractivity contribution in [2.45, 2.75) is 6.54 Å². The lowest BCUT2D eigenvalue weighted by atomic mass is 10.2. The van der Waals surface area contributed by atoms with Crippen molar-refractivity contribution in [3.63, 3.8) is 0 Å². The molecule has 0 radical (unpaired) electrons. The molecule has 2 rings (SSSR count). The maximum Gasteiger partial charge on any atom is 0.262 e. The molecule has 1 aromatic heterocycles. The number of amides is 1. The summed E-state index contributed by atoms with van der Waals surface area (Å²) in [4.78, 5) is 11.9. The fourth-order valence-corrected chi connectivity index (χ4v) is 1.67. The molecular formula is C15H11ClN2O2. The molecule has 100 valence electrons. The molecule has 1 N–H and O–H groups in total. The number of rotatable bonds is 4. The van der Waals surface area contributed by atoms with Crippen LogP contribution in [0.1, 0.15) is 11.3 Å². The van der Waals surface area contributed by atoms with E-state index in [0.29, 0.717) is 17.3 Å². The molecule has 1 aromatic carbocycles. The highest BCUT2D eigenvalue weighted by Gasteiger charge is 2.09. The molecule has 0 saturated carbocycles. The van der Waals surface area contributed by atoms with Crippen molar-refractivity contribution in [3.8, 4) is 6.07 Å². The zero-order chi connectivity index (χ0) is 14.4. The summed E-state index contributed by atoms with van der Waals surface area (Å²) in [6.45, 7) is 0.327. The van der Waals surface area contributed by atoms with Gasteiger partial charge in [-0.25, -0.2) is 0 Å². The van der Waals surface area contributed by atoms with Gasteiger partial charge in [-0.1, -0.05) is 23.7 Å². The maximum atomic E-state index is 11.9. The minimum absolute atomic E-state index is 0.00564. The van der Waals surface area contributed by atoms with Crippen molar-refractivity contribution in [3.05, 3.63) is 64.6 Å². The van der Waals surface area contributed by atoms with Crippen LogP contribution in [0.2, 0.25) is 5.02 Å². The summed E-state index contributed by atoms with van der Waals surface area (Å²) in [5.41, 5.74) is 0.895. The molecule has 2 aromatic rings. The van der Waals surface area contributed by atoms with E-state index >= 15 is 0 Å². The van der Waals surface area contributed by atoms with Crippen LogP contribution in [0.4, 0.5) is 0 Å². The standard InChI is InChI=1S/C15H11ClN2O2/c16-13-5-3-11(4-6-13)10-18-15(19)12(9-17)8-14-2-1-7-20-14/h1-8H,10H2,(H,18,19)/b12-8-. The Morgan fingerprint density at radius 1 is 1.35 bits per heavy atom. The first-order chi connectivity index (χ1) is 9.69. The number of hydrogen-bond donors (Lipinski definition) is 1. The number of carbonyl (C=O) groups excluding carboxylic acids is 1. The van der Waals surface area contributed by atoms with Gasteiger partial charge >= 0.3 is 0 Å². The van der Waals surface area contributed by atoms with Crippen LogP contribution in [-0.4, -0.2) is 5.91 Å². The van der Waals surface area contributed by atoms with Crippen molar-refractivity contribution in [1.82, 2.24) is 5.32 Å². The summed E-state index contributed by atoms with van der Waals surface area (Å²) in [6, 6.07) is 12.3. The quantitative estimate of drug-likeness (QED) is 0.693. The van der Waals surface area contributed by atoms with Gasteiger partial charge in [-0.15, -0.1) is 0 Å². The van der Waals surface area contributed by atoms with Gasteiger partial charge in [0.1, 0.15) is 17.4 Å². The third-order valence-corrected chi connectivity index (χ3v) is 2.81. The monoisotopic (exact) mass is 286 g/mol. The Kier molecular flexibility index (Phi) is 4.59. The van der Waals surface area contributed by atoms with Crippen molar-refractivity contribution in [2.24, 2.45) is 0 Å². The van der Waals surface area contributed by atoms with E-state index in [9.17, 15) is 4.79 Å². The number of nitrogens with one attached hydrogen (secondary N) is 1. The van der Waals surface area contributed by atoms with E-state index < -0.39 is 5.91 Å². The molecule has 0 saturated heterocycles.